The molecule has 0 aromatic heterocycles. The number of amides is 1. The van der Waals surface area contributed by atoms with Crippen molar-refractivity contribution in [1.82, 2.24) is 5.32 Å². The van der Waals surface area contributed by atoms with Crippen molar-refractivity contribution in [3.63, 3.8) is 0 Å². The maximum atomic E-state index is 12.0. The van der Waals surface area contributed by atoms with E-state index in [1.807, 2.05) is 24.3 Å². The predicted octanol–water partition coefficient (Wildman–Crippen LogP) is 2.94. The molecule has 1 aromatic carbocycles. The number of benzene rings is 1. The first-order chi connectivity index (χ1) is 9.21. The lowest BCUT2D eigenvalue weighted by molar-refractivity contribution is 0.0943. The summed E-state index contributed by atoms with van der Waals surface area (Å²) in [5, 5.41) is 11.8. The van der Waals surface area contributed by atoms with E-state index in [9.17, 15) is 4.79 Å². The summed E-state index contributed by atoms with van der Waals surface area (Å²) in [4.78, 5) is 13.1. The molecule has 0 spiro atoms. The van der Waals surface area contributed by atoms with Gasteiger partial charge < -0.3 is 10.4 Å². The van der Waals surface area contributed by atoms with Crippen LogP contribution in [-0.2, 0) is 0 Å². The molecule has 1 unspecified atom stereocenters. The minimum absolute atomic E-state index is 0.0376. The van der Waals surface area contributed by atoms with Crippen molar-refractivity contribution >= 4 is 17.7 Å². The number of carbonyl (C=O) groups is 1. The minimum atomic E-state index is -0.0376. The summed E-state index contributed by atoms with van der Waals surface area (Å²) >= 11 is 1.76. The van der Waals surface area contributed by atoms with Crippen LogP contribution in [0.2, 0.25) is 0 Å². The Bertz CT molecular complexity index is 378. The molecule has 106 valence electrons. The summed E-state index contributed by atoms with van der Waals surface area (Å²) in [6.07, 6.45) is 1.70. The molecule has 1 rings (SSSR count). The number of rotatable bonds is 8. The molecule has 0 saturated carbocycles. The second-order valence-corrected chi connectivity index (χ2v) is 5.79. The molecule has 0 saturated heterocycles. The predicted molar refractivity (Wildman–Crippen MR) is 80.7 cm³/mol. The monoisotopic (exact) mass is 281 g/mol. The van der Waals surface area contributed by atoms with Crippen LogP contribution in [0.1, 0.15) is 37.0 Å². The molecular formula is C15H23NO2S. The van der Waals surface area contributed by atoms with E-state index >= 15 is 0 Å². The van der Waals surface area contributed by atoms with Gasteiger partial charge in [0.1, 0.15) is 0 Å². The van der Waals surface area contributed by atoms with Crippen LogP contribution in [0, 0.1) is 5.92 Å². The Balaban J connectivity index is 2.48. The van der Waals surface area contributed by atoms with Gasteiger partial charge in [0, 0.05) is 23.6 Å². The molecule has 0 aliphatic carbocycles. The number of hydrogen-bond acceptors (Lipinski definition) is 3. The fourth-order valence-electron chi connectivity index (χ4n) is 1.84. The van der Waals surface area contributed by atoms with E-state index in [1.165, 1.54) is 4.90 Å². The molecule has 3 nitrogen and oxygen atoms in total. The van der Waals surface area contributed by atoms with Crippen molar-refractivity contribution in [1.29, 1.82) is 0 Å². The molecule has 2 N–H and O–H groups in total. The van der Waals surface area contributed by atoms with Gasteiger partial charge in [0.15, 0.2) is 0 Å². The van der Waals surface area contributed by atoms with Gasteiger partial charge in [-0.3, -0.25) is 4.79 Å². The number of thioether (sulfide) groups is 1. The molecule has 0 fully saturated rings. The summed E-state index contributed by atoms with van der Waals surface area (Å²) in [5.74, 6) is 1.35. The van der Waals surface area contributed by atoms with Gasteiger partial charge in [-0.25, -0.2) is 0 Å². The van der Waals surface area contributed by atoms with Crippen LogP contribution in [0.4, 0.5) is 0 Å². The van der Waals surface area contributed by atoms with E-state index in [1.54, 1.807) is 11.8 Å². The van der Waals surface area contributed by atoms with E-state index < -0.39 is 0 Å². The van der Waals surface area contributed by atoms with Crippen molar-refractivity contribution in [2.45, 2.75) is 31.6 Å². The van der Waals surface area contributed by atoms with Gasteiger partial charge in [-0.2, -0.15) is 0 Å². The summed E-state index contributed by atoms with van der Waals surface area (Å²) in [7, 11) is 0. The first-order valence-electron chi connectivity index (χ1n) is 6.83. The zero-order valence-corrected chi connectivity index (χ0v) is 12.5. The van der Waals surface area contributed by atoms with E-state index in [-0.39, 0.29) is 12.5 Å². The largest absolute Gasteiger partial charge is 0.396 e. The van der Waals surface area contributed by atoms with Gasteiger partial charge in [0.05, 0.1) is 0 Å². The highest BCUT2D eigenvalue weighted by Crippen LogP contribution is 2.17. The lowest BCUT2D eigenvalue weighted by Crippen LogP contribution is -2.29. The number of hydrogen-bond donors (Lipinski definition) is 2. The number of nitrogens with one attached hydrogen (secondary N) is 1. The molecule has 1 aromatic rings. The lowest BCUT2D eigenvalue weighted by Gasteiger charge is -2.14. The molecule has 1 amide bonds. The smallest absolute Gasteiger partial charge is 0.251 e. The van der Waals surface area contributed by atoms with Crippen molar-refractivity contribution in [3.05, 3.63) is 29.8 Å². The van der Waals surface area contributed by atoms with E-state index in [2.05, 4.69) is 19.2 Å². The molecule has 0 bridgehead atoms. The summed E-state index contributed by atoms with van der Waals surface area (Å²) in [6, 6.07) is 7.68. The SMILES string of the molecule is CCSc1ccc(C(=O)NCC(CC)CCO)cc1. The highest BCUT2D eigenvalue weighted by atomic mass is 32.2. The first kappa shape index (κ1) is 16.1. The van der Waals surface area contributed by atoms with Crippen LogP contribution in [0.3, 0.4) is 0 Å². The van der Waals surface area contributed by atoms with E-state index in [0.29, 0.717) is 18.0 Å². The van der Waals surface area contributed by atoms with Gasteiger partial charge >= 0.3 is 0 Å². The van der Waals surface area contributed by atoms with Gasteiger partial charge in [0.2, 0.25) is 0 Å². The van der Waals surface area contributed by atoms with Crippen molar-refractivity contribution in [3.8, 4) is 0 Å². The number of carbonyl (C=O) groups excluding carboxylic acids is 1. The normalized spacial score (nSPS) is 12.2. The van der Waals surface area contributed by atoms with Crippen LogP contribution >= 0.6 is 11.8 Å². The van der Waals surface area contributed by atoms with E-state index in [4.69, 9.17) is 5.11 Å². The van der Waals surface area contributed by atoms with Crippen molar-refractivity contribution in [2.24, 2.45) is 5.92 Å². The van der Waals surface area contributed by atoms with Crippen LogP contribution in [0.25, 0.3) is 0 Å². The number of aliphatic hydroxyl groups is 1. The molecule has 0 aliphatic heterocycles. The Kier molecular flexibility index (Phi) is 7.60. The quantitative estimate of drug-likeness (QED) is 0.720. The maximum absolute atomic E-state index is 12.0. The van der Waals surface area contributed by atoms with Gasteiger partial charge in [-0.05, 0) is 42.4 Å². The molecule has 1 atom stereocenters. The summed E-state index contributed by atoms with van der Waals surface area (Å²) in [6.45, 7) is 4.99. The molecule has 0 heterocycles. The third-order valence-corrected chi connectivity index (χ3v) is 3.99. The molecule has 0 aliphatic rings. The van der Waals surface area contributed by atoms with E-state index in [0.717, 1.165) is 18.6 Å². The van der Waals surface area contributed by atoms with Crippen LogP contribution in [-0.4, -0.2) is 29.9 Å². The van der Waals surface area contributed by atoms with Gasteiger partial charge in [0.25, 0.3) is 5.91 Å². The Morgan fingerprint density at radius 3 is 2.53 bits per heavy atom. The molecule has 4 heteroatoms. The highest BCUT2D eigenvalue weighted by Gasteiger charge is 2.09. The van der Waals surface area contributed by atoms with Crippen molar-refractivity contribution < 1.29 is 9.90 Å². The zero-order chi connectivity index (χ0) is 14.1. The average Bonchev–Trinajstić information content (AvgIpc) is 2.44. The molecular weight excluding hydrogens is 258 g/mol. The molecule has 0 radical (unpaired) electrons. The maximum Gasteiger partial charge on any atom is 0.251 e. The second kappa shape index (κ2) is 8.99. The summed E-state index contributed by atoms with van der Waals surface area (Å²) < 4.78 is 0. The van der Waals surface area contributed by atoms with Crippen LogP contribution in [0.5, 0.6) is 0 Å². The second-order valence-electron chi connectivity index (χ2n) is 4.45. The summed E-state index contributed by atoms with van der Waals surface area (Å²) in [5.41, 5.74) is 0.694. The third kappa shape index (κ3) is 5.66. The van der Waals surface area contributed by atoms with Gasteiger partial charge in [-0.1, -0.05) is 20.3 Å². The lowest BCUT2D eigenvalue weighted by atomic mass is 10.0. The Morgan fingerprint density at radius 1 is 1.32 bits per heavy atom. The fraction of sp³-hybridized carbons (Fsp3) is 0.533. The Morgan fingerprint density at radius 2 is 2.00 bits per heavy atom. The third-order valence-electron chi connectivity index (χ3n) is 3.09. The van der Waals surface area contributed by atoms with Crippen LogP contribution < -0.4 is 5.32 Å². The Labute approximate surface area is 119 Å². The average molecular weight is 281 g/mol. The number of aliphatic hydroxyl groups excluding tert-OH is 1. The highest BCUT2D eigenvalue weighted by molar-refractivity contribution is 7.99. The Hall–Kier alpha value is -1.00. The topological polar surface area (TPSA) is 49.3 Å². The van der Waals surface area contributed by atoms with Crippen LogP contribution in [0.15, 0.2) is 29.2 Å². The minimum Gasteiger partial charge on any atom is -0.396 e. The first-order valence-corrected chi connectivity index (χ1v) is 7.81. The fourth-order valence-corrected chi connectivity index (χ4v) is 2.50. The van der Waals surface area contributed by atoms with Gasteiger partial charge in [-0.15, -0.1) is 11.8 Å². The zero-order valence-electron chi connectivity index (χ0n) is 11.7. The standard InChI is InChI=1S/C15H23NO2S/c1-3-12(9-10-17)11-16-15(18)13-5-7-14(8-6-13)19-4-2/h5-8,12,17H,3-4,9-11H2,1-2H3,(H,16,18). The van der Waals surface area contributed by atoms with Crippen molar-refractivity contribution in [2.75, 3.05) is 18.9 Å². The molecule has 19 heavy (non-hydrogen) atoms.